The van der Waals surface area contributed by atoms with Crippen molar-refractivity contribution < 1.29 is 19.5 Å². The highest BCUT2D eigenvalue weighted by atomic mass is 16.4. The zero-order valence-corrected chi connectivity index (χ0v) is 12.5. The highest BCUT2D eigenvalue weighted by molar-refractivity contribution is 5.98. The molecule has 0 unspecified atom stereocenters. The van der Waals surface area contributed by atoms with Crippen molar-refractivity contribution in [3.8, 4) is 0 Å². The lowest BCUT2D eigenvalue weighted by Crippen LogP contribution is -2.32. The number of aliphatic carboxylic acids is 1. The number of hydrogen-bond acceptors (Lipinski definition) is 3. The smallest absolute Gasteiger partial charge is 0.305 e. The van der Waals surface area contributed by atoms with Crippen molar-refractivity contribution in [1.82, 2.24) is 4.90 Å². The van der Waals surface area contributed by atoms with E-state index in [9.17, 15) is 14.4 Å². The van der Waals surface area contributed by atoms with Crippen LogP contribution in [-0.4, -0.2) is 40.9 Å². The number of anilines is 1. The second-order valence-corrected chi connectivity index (χ2v) is 5.37. The van der Waals surface area contributed by atoms with Crippen LogP contribution in [0.2, 0.25) is 0 Å². The number of amides is 2. The van der Waals surface area contributed by atoms with E-state index in [0.29, 0.717) is 17.8 Å². The topological polar surface area (TPSA) is 86.7 Å². The number of carboxylic acid groups (broad SMARTS) is 1. The Hall–Kier alpha value is -2.37. The fraction of sp³-hybridized carbons (Fsp3) is 0.438. The highest BCUT2D eigenvalue weighted by Crippen LogP contribution is 2.30. The van der Waals surface area contributed by atoms with Crippen LogP contribution >= 0.6 is 0 Å². The number of carboxylic acids is 1. The van der Waals surface area contributed by atoms with Gasteiger partial charge in [-0.25, -0.2) is 0 Å². The maximum Gasteiger partial charge on any atom is 0.305 e. The monoisotopic (exact) mass is 304 g/mol. The molecule has 1 fully saturated rings. The van der Waals surface area contributed by atoms with Crippen LogP contribution in [0, 0.1) is 5.92 Å². The van der Waals surface area contributed by atoms with Crippen molar-refractivity contribution in [2.45, 2.75) is 26.2 Å². The van der Waals surface area contributed by atoms with Crippen molar-refractivity contribution in [3.63, 3.8) is 0 Å². The summed E-state index contributed by atoms with van der Waals surface area (Å²) < 4.78 is 0. The van der Waals surface area contributed by atoms with Crippen molar-refractivity contribution in [2.75, 3.05) is 18.4 Å². The second kappa shape index (κ2) is 7.06. The SMILES string of the molecule is CCN(CCC(=O)O)C(=O)c1cccc(NC(=O)C2CC2)c1. The molecular formula is C16H20N2O4. The van der Waals surface area contributed by atoms with Crippen LogP contribution in [0.1, 0.15) is 36.5 Å². The maximum absolute atomic E-state index is 12.4. The Balaban J connectivity index is 2.04. The molecule has 0 atom stereocenters. The predicted molar refractivity (Wildman–Crippen MR) is 81.6 cm³/mol. The molecule has 0 aromatic heterocycles. The molecule has 2 N–H and O–H groups in total. The quantitative estimate of drug-likeness (QED) is 0.806. The minimum absolute atomic E-state index is 0.0113. The van der Waals surface area contributed by atoms with Gasteiger partial charge in [-0.1, -0.05) is 6.07 Å². The third-order valence-electron chi connectivity index (χ3n) is 3.59. The zero-order chi connectivity index (χ0) is 16.1. The van der Waals surface area contributed by atoms with Gasteiger partial charge in [-0.3, -0.25) is 14.4 Å². The lowest BCUT2D eigenvalue weighted by atomic mass is 10.1. The molecule has 0 radical (unpaired) electrons. The Labute approximate surface area is 129 Å². The summed E-state index contributed by atoms with van der Waals surface area (Å²) in [5.74, 6) is -1.08. The maximum atomic E-state index is 12.4. The van der Waals surface area contributed by atoms with E-state index in [1.54, 1.807) is 31.2 Å². The number of nitrogens with one attached hydrogen (secondary N) is 1. The van der Waals surface area contributed by atoms with Crippen LogP contribution in [0.5, 0.6) is 0 Å². The van der Waals surface area contributed by atoms with E-state index in [1.165, 1.54) is 4.90 Å². The van der Waals surface area contributed by atoms with E-state index in [-0.39, 0.29) is 30.7 Å². The molecule has 0 aliphatic heterocycles. The largest absolute Gasteiger partial charge is 0.481 e. The first kappa shape index (κ1) is 16.0. The van der Waals surface area contributed by atoms with Crippen LogP contribution in [0.15, 0.2) is 24.3 Å². The van der Waals surface area contributed by atoms with Gasteiger partial charge in [0.2, 0.25) is 5.91 Å². The van der Waals surface area contributed by atoms with Crippen LogP contribution in [0.25, 0.3) is 0 Å². The Bertz CT molecular complexity index is 581. The van der Waals surface area contributed by atoms with Gasteiger partial charge in [0.15, 0.2) is 0 Å². The summed E-state index contributed by atoms with van der Waals surface area (Å²) in [6.45, 7) is 2.41. The van der Waals surface area contributed by atoms with E-state index in [0.717, 1.165) is 12.8 Å². The predicted octanol–water partition coefficient (Wildman–Crippen LogP) is 1.97. The van der Waals surface area contributed by atoms with Crippen molar-refractivity contribution in [3.05, 3.63) is 29.8 Å². The van der Waals surface area contributed by atoms with E-state index in [2.05, 4.69) is 5.32 Å². The molecule has 2 amide bonds. The van der Waals surface area contributed by atoms with Gasteiger partial charge in [0.1, 0.15) is 0 Å². The third kappa shape index (κ3) is 4.31. The van der Waals surface area contributed by atoms with Gasteiger partial charge >= 0.3 is 5.97 Å². The summed E-state index contributed by atoms with van der Waals surface area (Å²) in [5, 5.41) is 11.5. The van der Waals surface area contributed by atoms with Gasteiger partial charge in [0.05, 0.1) is 6.42 Å². The molecule has 6 heteroatoms. The molecule has 0 bridgehead atoms. The fourth-order valence-electron chi connectivity index (χ4n) is 2.14. The minimum Gasteiger partial charge on any atom is -0.481 e. The average molecular weight is 304 g/mol. The average Bonchev–Trinajstić information content (AvgIpc) is 3.32. The summed E-state index contributed by atoms with van der Waals surface area (Å²) in [7, 11) is 0. The fourth-order valence-corrected chi connectivity index (χ4v) is 2.14. The molecule has 0 heterocycles. The minimum atomic E-state index is -0.934. The molecule has 1 aliphatic rings. The van der Waals surface area contributed by atoms with Crippen LogP contribution < -0.4 is 5.32 Å². The van der Waals surface area contributed by atoms with Crippen molar-refractivity contribution in [1.29, 1.82) is 0 Å². The third-order valence-corrected chi connectivity index (χ3v) is 3.59. The lowest BCUT2D eigenvalue weighted by Gasteiger charge is -2.20. The van der Waals surface area contributed by atoms with Gasteiger partial charge in [-0.15, -0.1) is 0 Å². The van der Waals surface area contributed by atoms with E-state index >= 15 is 0 Å². The first-order chi connectivity index (χ1) is 10.5. The van der Waals surface area contributed by atoms with Crippen LogP contribution in [0.4, 0.5) is 5.69 Å². The summed E-state index contributed by atoms with van der Waals surface area (Å²) in [4.78, 5) is 36.3. The van der Waals surface area contributed by atoms with Crippen molar-refractivity contribution in [2.24, 2.45) is 5.92 Å². The molecule has 2 rings (SSSR count). The summed E-state index contributed by atoms with van der Waals surface area (Å²) in [5.41, 5.74) is 1.04. The van der Waals surface area contributed by atoms with Crippen LogP contribution in [-0.2, 0) is 9.59 Å². The Morgan fingerprint density at radius 3 is 2.64 bits per heavy atom. The standard InChI is InChI=1S/C16H20N2O4/c1-2-18(9-8-14(19)20)16(22)12-4-3-5-13(10-12)17-15(21)11-6-7-11/h3-5,10-11H,2,6-9H2,1H3,(H,17,21)(H,19,20). The van der Waals surface area contributed by atoms with E-state index in [4.69, 9.17) is 5.11 Å². The first-order valence-corrected chi connectivity index (χ1v) is 7.43. The molecular weight excluding hydrogens is 284 g/mol. The summed E-state index contributed by atoms with van der Waals surface area (Å²) >= 11 is 0. The molecule has 1 aromatic carbocycles. The van der Waals surface area contributed by atoms with Gasteiger partial charge in [0.25, 0.3) is 5.91 Å². The number of hydrogen-bond donors (Lipinski definition) is 2. The van der Waals surface area contributed by atoms with Gasteiger partial charge in [0, 0.05) is 30.3 Å². The Kier molecular flexibility index (Phi) is 5.14. The summed E-state index contributed by atoms with van der Waals surface area (Å²) in [6.07, 6.45) is 1.75. The molecule has 0 spiro atoms. The molecule has 1 aromatic rings. The van der Waals surface area contributed by atoms with Crippen LogP contribution in [0.3, 0.4) is 0 Å². The van der Waals surface area contributed by atoms with Crippen molar-refractivity contribution >= 4 is 23.5 Å². The molecule has 1 saturated carbocycles. The molecule has 118 valence electrons. The number of carbonyl (C=O) groups is 3. The zero-order valence-electron chi connectivity index (χ0n) is 12.5. The molecule has 22 heavy (non-hydrogen) atoms. The normalized spacial score (nSPS) is 13.5. The summed E-state index contributed by atoms with van der Waals surface area (Å²) in [6, 6.07) is 6.75. The lowest BCUT2D eigenvalue weighted by molar-refractivity contribution is -0.137. The number of rotatable bonds is 7. The number of nitrogens with zero attached hydrogens (tertiary/aromatic N) is 1. The first-order valence-electron chi connectivity index (χ1n) is 7.43. The van der Waals surface area contributed by atoms with E-state index < -0.39 is 5.97 Å². The number of carbonyl (C=O) groups excluding carboxylic acids is 2. The van der Waals surface area contributed by atoms with Gasteiger partial charge in [-0.05, 0) is 38.0 Å². The van der Waals surface area contributed by atoms with E-state index in [1.807, 2.05) is 0 Å². The number of benzene rings is 1. The Morgan fingerprint density at radius 2 is 2.05 bits per heavy atom. The molecule has 1 aliphatic carbocycles. The molecule has 0 saturated heterocycles. The molecule has 6 nitrogen and oxygen atoms in total. The second-order valence-electron chi connectivity index (χ2n) is 5.37. The Morgan fingerprint density at radius 1 is 1.32 bits per heavy atom. The van der Waals surface area contributed by atoms with Gasteiger partial charge < -0.3 is 15.3 Å². The van der Waals surface area contributed by atoms with Gasteiger partial charge in [-0.2, -0.15) is 0 Å². The highest BCUT2D eigenvalue weighted by Gasteiger charge is 2.29.